The molecule has 0 aliphatic heterocycles. The van der Waals surface area contributed by atoms with Crippen molar-refractivity contribution in [2.75, 3.05) is 33.1 Å². The number of phenolic OH excluding ortho intramolecular Hbond substituents is 1. The van der Waals surface area contributed by atoms with Crippen molar-refractivity contribution in [3.05, 3.63) is 28.3 Å². The zero-order valence-electron chi connectivity index (χ0n) is 24.1. The number of rotatable bonds is 6. The summed E-state index contributed by atoms with van der Waals surface area (Å²) in [6, 6.07) is 0.911. The largest absolute Gasteiger partial charge is 0.507 e. The predicted molar refractivity (Wildman–Crippen MR) is 150 cm³/mol. The van der Waals surface area contributed by atoms with Crippen LogP contribution < -0.4 is 10.6 Å². The quantitative estimate of drug-likeness (QED) is 0.262. The highest BCUT2D eigenvalue weighted by Crippen LogP contribution is 2.54. The first-order chi connectivity index (χ1) is 19.1. The lowest BCUT2D eigenvalue weighted by Gasteiger charge is -2.53. The fraction of sp³-hybridized carbons (Fsp3) is 0.633. The van der Waals surface area contributed by atoms with E-state index in [0.717, 1.165) is 18.5 Å². The highest BCUT2D eigenvalue weighted by atomic mass is 16.3. The number of nitrogens with zero attached hydrogens (tertiary/aromatic N) is 2. The second kappa shape index (κ2) is 10.1. The third kappa shape index (κ3) is 4.36. The Labute approximate surface area is 239 Å². The molecule has 0 spiro atoms. The maximum absolute atomic E-state index is 14.1. The van der Waals surface area contributed by atoms with E-state index in [1.54, 1.807) is 19.0 Å². The Bertz CT molecular complexity index is 1330. The normalized spacial score (nSPS) is 32.5. The molecule has 5 rings (SSSR count). The number of phenols is 1. The third-order valence-electron chi connectivity index (χ3n) is 10.0. The van der Waals surface area contributed by atoms with Crippen LogP contribution in [0.2, 0.25) is 0 Å². The number of hydrogen-bond donors (Lipinski definition) is 6. The molecule has 11 nitrogen and oxygen atoms in total. The van der Waals surface area contributed by atoms with E-state index in [9.17, 15) is 39.9 Å². The van der Waals surface area contributed by atoms with Gasteiger partial charge in [0.2, 0.25) is 11.7 Å². The van der Waals surface area contributed by atoms with Crippen molar-refractivity contribution in [2.45, 2.75) is 74.7 Å². The maximum atomic E-state index is 14.1. The number of aliphatic hydroxyl groups excluding tert-OH is 2. The Kier molecular flexibility index (Phi) is 7.25. The molecule has 0 heterocycles. The number of nitrogens with two attached hydrogens (primary N) is 1. The summed E-state index contributed by atoms with van der Waals surface area (Å²) < 4.78 is 0. The van der Waals surface area contributed by atoms with Crippen LogP contribution in [0.15, 0.2) is 11.6 Å². The minimum absolute atomic E-state index is 0.0701. The SMILES string of the molecule is CN(C)c1cc(CCC2(O)CCCC2)c(O)c2c1C[C@@H]1C[C@@H]3[C@@H](N(C)C)C(O)C(C(N)=O)C(=O)[C@]3(O)C(=O)C1=C2O. The number of fused-ring (bicyclic) bond motifs is 3. The summed E-state index contributed by atoms with van der Waals surface area (Å²) in [4.78, 5) is 43.2. The summed E-state index contributed by atoms with van der Waals surface area (Å²) in [5.74, 6) is -7.55. The van der Waals surface area contributed by atoms with Gasteiger partial charge in [-0.15, -0.1) is 0 Å². The number of aliphatic hydroxyl groups is 4. The number of aromatic hydroxyl groups is 1. The van der Waals surface area contributed by atoms with E-state index in [-0.39, 0.29) is 29.7 Å². The number of primary amides is 1. The van der Waals surface area contributed by atoms with Crippen LogP contribution >= 0.6 is 0 Å². The fourth-order valence-electron chi connectivity index (χ4n) is 7.95. The van der Waals surface area contributed by atoms with Gasteiger partial charge < -0.3 is 41.1 Å². The number of amides is 1. The summed E-state index contributed by atoms with van der Waals surface area (Å²) in [7, 11) is 6.92. The molecule has 0 aromatic heterocycles. The van der Waals surface area contributed by atoms with E-state index in [4.69, 9.17) is 5.73 Å². The fourth-order valence-corrected chi connectivity index (χ4v) is 7.95. The number of Topliss-reactive ketones (excluding diaryl/α,β-unsaturated/α-hetero) is 2. The molecule has 6 atom stereocenters. The molecule has 4 aliphatic carbocycles. The second-order valence-corrected chi connectivity index (χ2v) is 12.9. The zero-order valence-corrected chi connectivity index (χ0v) is 24.1. The molecule has 3 fully saturated rings. The molecule has 1 aromatic rings. The molecule has 0 radical (unpaired) electrons. The Morgan fingerprint density at radius 3 is 2.29 bits per heavy atom. The number of aryl methyl sites for hydroxylation is 1. The average molecular weight is 572 g/mol. The van der Waals surface area contributed by atoms with Crippen molar-refractivity contribution in [1.29, 1.82) is 0 Å². The van der Waals surface area contributed by atoms with Gasteiger partial charge in [-0.05, 0) is 75.7 Å². The first kappa shape index (κ1) is 29.5. The lowest BCUT2D eigenvalue weighted by Crippen LogP contribution is -2.73. The topological polar surface area (TPSA) is 185 Å². The first-order valence-corrected chi connectivity index (χ1v) is 14.3. The van der Waals surface area contributed by atoms with Gasteiger partial charge in [-0.3, -0.25) is 14.4 Å². The van der Waals surface area contributed by atoms with Crippen molar-refractivity contribution in [3.8, 4) is 5.75 Å². The van der Waals surface area contributed by atoms with Gasteiger partial charge in [-0.1, -0.05) is 12.8 Å². The van der Waals surface area contributed by atoms with Gasteiger partial charge in [-0.2, -0.15) is 0 Å². The van der Waals surface area contributed by atoms with E-state index in [1.807, 2.05) is 25.1 Å². The van der Waals surface area contributed by atoms with Gasteiger partial charge in [0.05, 0.1) is 17.3 Å². The first-order valence-electron chi connectivity index (χ1n) is 14.3. The number of benzene rings is 1. The smallest absolute Gasteiger partial charge is 0.230 e. The van der Waals surface area contributed by atoms with Crippen LogP contribution in [-0.4, -0.2) is 99.4 Å². The van der Waals surface area contributed by atoms with Crippen LogP contribution in [0, 0.1) is 17.8 Å². The Hall–Kier alpha value is -2.99. The summed E-state index contributed by atoms with van der Waals surface area (Å²) in [6.07, 6.45) is 2.83. The minimum atomic E-state index is -2.69. The van der Waals surface area contributed by atoms with Gasteiger partial charge in [0.1, 0.15) is 17.4 Å². The Morgan fingerprint density at radius 1 is 1.10 bits per heavy atom. The van der Waals surface area contributed by atoms with Gasteiger partial charge >= 0.3 is 0 Å². The van der Waals surface area contributed by atoms with Crippen LogP contribution in [0.4, 0.5) is 5.69 Å². The van der Waals surface area contributed by atoms with Gasteiger partial charge in [0.25, 0.3) is 0 Å². The number of ketones is 2. The van der Waals surface area contributed by atoms with Crippen LogP contribution in [0.5, 0.6) is 5.75 Å². The van der Waals surface area contributed by atoms with E-state index >= 15 is 0 Å². The van der Waals surface area contributed by atoms with Crippen molar-refractivity contribution in [2.24, 2.45) is 23.5 Å². The number of likely N-dealkylation sites (N-methyl/N-ethyl adjacent to an activating group) is 1. The van der Waals surface area contributed by atoms with E-state index in [0.29, 0.717) is 36.8 Å². The highest BCUT2D eigenvalue weighted by Gasteiger charge is 2.67. The summed E-state index contributed by atoms with van der Waals surface area (Å²) in [5, 5.41) is 56.8. The standard InChI is InChI=1S/C30H41N3O8/c1-32(2)18-13-14(7-10-29(40)8-5-6-9-29)23(34)20-16(18)11-15-12-17-22(33(3)4)25(36)21(28(31)39)27(38)30(17,41)26(37)19(15)24(20)35/h13,15,17,21-22,25,34-36,40-41H,5-12H2,1-4H3,(H2,31,39)/t15-,17-,21?,22-,25?,30-/m1/s1. The van der Waals surface area contributed by atoms with Crippen LogP contribution in [0.1, 0.15) is 55.2 Å². The molecule has 4 aliphatic rings. The molecule has 0 saturated heterocycles. The van der Waals surface area contributed by atoms with Gasteiger partial charge in [0.15, 0.2) is 11.4 Å². The van der Waals surface area contributed by atoms with Crippen molar-refractivity contribution >= 4 is 28.9 Å². The van der Waals surface area contributed by atoms with Crippen molar-refractivity contribution in [1.82, 2.24) is 4.90 Å². The molecule has 1 amide bonds. The summed E-state index contributed by atoms with van der Waals surface area (Å²) >= 11 is 0. The molecular weight excluding hydrogens is 530 g/mol. The highest BCUT2D eigenvalue weighted by molar-refractivity contribution is 6.25. The number of hydrogen-bond acceptors (Lipinski definition) is 10. The minimum Gasteiger partial charge on any atom is -0.507 e. The summed E-state index contributed by atoms with van der Waals surface area (Å²) in [5.41, 5.74) is 3.73. The second-order valence-electron chi connectivity index (χ2n) is 12.9. The number of anilines is 1. The third-order valence-corrected chi connectivity index (χ3v) is 10.0. The van der Waals surface area contributed by atoms with Crippen LogP contribution in [0.3, 0.4) is 0 Å². The van der Waals surface area contributed by atoms with E-state index < -0.39 is 64.3 Å². The van der Waals surface area contributed by atoms with Gasteiger partial charge in [-0.25, -0.2) is 0 Å². The molecule has 7 N–H and O–H groups in total. The van der Waals surface area contributed by atoms with E-state index in [1.165, 1.54) is 0 Å². The van der Waals surface area contributed by atoms with Crippen molar-refractivity contribution < 1.29 is 39.9 Å². The lowest BCUT2D eigenvalue weighted by molar-refractivity contribution is -0.184. The molecule has 11 heteroatoms. The Balaban J connectivity index is 1.64. The number of carbonyl (C=O) groups is 3. The molecule has 0 bridgehead atoms. The average Bonchev–Trinajstić information content (AvgIpc) is 3.31. The summed E-state index contributed by atoms with van der Waals surface area (Å²) in [6.45, 7) is 0. The van der Waals surface area contributed by atoms with Crippen molar-refractivity contribution in [3.63, 3.8) is 0 Å². The molecule has 1 aromatic carbocycles. The molecule has 3 saturated carbocycles. The Morgan fingerprint density at radius 2 is 1.73 bits per heavy atom. The van der Waals surface area contributed by atoms with Crippen LogP contribution in [0.25, 0.3) is 5.76 Å². The molecule has 41 heavy (non-hydrogen) atoms. The van der Waals surface area contributed by atoms with Gasteiger partial charge in [0, 0.05) is 37.3 Å². The van der Waals surface area contributed by atoms with Crippen LogP contribution in [-0.2, 0) is 27.2 Å². The predicted octanol–water partition coefficient (Wildman–Crippen LogP) is 0.433. The number of carbonyl (C=O) groups excluding carboxylic acids is 3. The maximum Gasteiger partial charge on any atom is 0.230 e. The van der Waals surface area contributed by atoms with E-state index in [2.05, 4.69) is 0 Å². The lowest BCUT2D eigenvalue weighted by atomic mass is 9.54. The monoisotopic (exact) mass is 571 g/mol. The molecule has 2 unspecified atom stereocenters. The molecular formula is C30H41N3O8. The molecule has 224 valence electrons. The zero-order chi connectivity index (χ0) is 30.2.